The van der Waals surface area contributed by atoms with Crippen molar-refractivity contribution < 1.29 is 0 Å². The van der Waals surface area contributed by atoms with E-state index in [-0.39, 0.29) is 0 Å². The number of hydrogen-bond acceptors (Lipinski definition) is 3. The minimum Gasteiger partial charge on any atom is -0.231 e. The van der Waals surface area contributed by atoms with Crippen LogP contribution < -0.4 is 0 Å². The summed E-state index contributed by atoms with van der Waals surface area (Å²) in [5, 5.41) is 0.906. The lowest BCUT2D eigenvalue weighted by molar-refractivity contribution is 0.959. The maximum absolute atomic E-state index is 4.18. The highest BCUT2D eigenvalue weighted by atomic mass is 32.2. The Bertz CT molecular complexity index is 259. The van der Waals surface area contributed by atoms with Gasteiger partial charge in [0.15, 0.2) is 5.16 Å². The van der Waals surface area contributed by atoms with Crippen LogP contribution in [0.2, 0.25) is 25.7 Å². The number of rotatable bonds is 5. The van der Waals surface area contributed by atoms with Crippen LogP contribution in [0, 0.1) is 0 Å². The van der Waals surface area contributed by atoms with Gasteiger partial charge in [-0.25, -0.2) is 9.97 Å². The summed E-state index contributed by atoms with van der Waals surface area (Å²) in [6.07, 6.45) is 4.89. The fourth-order valence-corrected chi connectivity index (χ4v) is 3.36. The topological polar surface area (TPSA) is 25.8 Å². The van der Waals surface area contributed by atoms with E-state index in [9.17, 15) is 0 Å². The highest BCUT2D eigenvalue weighted by Crippen LogP contribution is 2.17. The minimum absolute atomic E-state index is 0.850. The number of thioether (sulfide) groups is 1. The first-order valence-electron chi connectivity index (χ1n) is 4.98. The standard InChI is InChI=1S/C10H18N2SSi/c1-14(2,3)9-5-8-13-10-11-6-4-7-12-10/h4,6-7H,5,8-9H2,1-3H3. The third kappa shape index (κ3) is 5.39. The fraction of sp³-hybridized carbons (Fsp3) is 0.600. The maximum atomic E-state index is 4.18. The summed E-state index contributed by atoms with van der Waals surface area (Å²) < 4.78 is 0. The molecule has 1 aromatic rings. The molecule has 4 heteroatoms. The monoisotopic (exact) mass is 226 g/mol. The molecule has 78 valence electrons. The molecule has 0 atom stereocenters. The molecule has 2 nitrogen and oxygen atoms in total. The molecule has 0 fully saturated rings. The number of hydrogen-bond donors (Lipinski definition) is 0. The van der Waals surface area contributed by atoms with Gasteiger partial charge in [-0.3, -0.25) is 0 Å². The van der Waals surface area contributed by atoms with E-state index in [0.717, 1.165) is 10.9 Å². The molecule has 0 spiro atoms. The van der Waals surface area contributed by atoms with Crippen LogP contribution >= 0.6 is 11.8 Å². The summed E-state index contributed by atoms with van der Waals surface area (Å²) in [6, 6.07) is 3.25. The van der Waals surface area contributed by atoms with E-state index < -0.39 is 8.07 Å². The molecule has 0 aliphatic heterocycles. The van der Waals surface area contributed by atoms with Gasteiger partial charge in [0.05, 0.1) is 0 Å². The second kappa shape index (κ2) is 5.51. The zero-order valence-electron chi connectivity index (χ0n) is 9.16. The lowest BCUT2D eigenvalue weighted by Crippen LogP contribution is -2.18. The maximum Gasteiger partial charge on any atom is 0.187 e. The SMILES string of the molecule is C[Si](C)(C)CCCSc1ncccn1. The molecule has 0 saturated carbocycles. The van der Waals surface area contributed by atoms with E-state index >= 15 is 0 Å². The molecule has 0 aliphatic carbocycles. The molecule has 14 heavy (non-hydrogen) atoms. The van der Waals surface area contributed by atoms with Gasteiger partial charge in [0.25, 0.3) is 0 Å². The summed E-state index contributed by atoms with van der Waals surface area (Å²) >= 11 is 1.76. The Morgan fingerprint density at radius 1 is 1.21 bits per heavy atom. The van der Waals surface area contributed by atoms with Crippen molar-refractivity contribution in [3.63, 3.8) is 0 Å². The Labute approximate surface area is 91.6 Å². The van der Waals surface area contributed by atoms with E-state index in [2.05, 4.69) is 29.6 Å². The largest absolute Gasteiger partial charge is 0.231 e. The molecular formula is C10H18N2SSi. The molecule has 0 radical (unpaired) electrons. The van der Waals surface area contributed by atoms with Gasteiger partial charge >= 0.3 is 0 Å². The molecule has 1 rings (SSSR count). The number of nitrogens with zero attached hydrogens (tertiary/aromatic N) is 2. The van der Waals surface area contributed by atoms with Crippen molar-refractivity contribution in [1.82, 2.24) is 9.97 Å². The number of aromatic nitrogens is 2. The summed E-state index contributed by atoms with van der Waals surface area (Å²) in [5.41, 5.74) is 0. The van der Waals surface area contributed by atoms with Crippen LogP contribution in [0.3, 0.4) is 0 Å². The van der Waals surface area contributed by atoms with Crippen LogP contribution in [0.5, 0.6) is 0 Å². The quantitative estimate of drug-likeness (QED) is 0.333. The third-order valence-corrected chi connectivity index (χ3v) is 4.66. The first kappa shape index (κ1) is 11.7. The van der Waals surface area contributed by atoms with E-state index in [1.165, 1.54) is 12.5 Å². The average Bonchev–Trinajstić information content (AvgIpc) is 2.13. The normalized spacial score (nSPS) is 11.6. The van der Waals surface area contributed by atoms with Gasteiger partial charge in [0, 0.05) is 26.2 Å². The van der Waals surface area contributed by atoms with Crippen molar-refractivity contribution in [3.05, 3.63) is 18.5 Å². The molecule has 0 bridgehead atoms. The Morgan fingerprint density at radius 3 is 2.43 bits per heavy atom. The predicted molar refractivity (Wildman–Crippen MR) is 65.5 cm³/mol. The molecule has 1 aromatic heterocycles. The molecule has 0 saturated heterocycles. The summed E-state index contributed by atoms with van der Waals surface area (Å²) in [4.78, 5) is 8.35. The summed E-state index contributed by atoms with van der Waals surface area (Å²) in [7, 11) is -0.850. The minimum atomic E-state index is -0.850. The van der Waals surface area contributed by atoms with Crippen LogP contribution in [-0.4, -0.2) is 23.8 Å². The van der Waals surface area contributed by atoms with Crippen LogP contribution in [0.25, 0.3) is 0 Å². The lowest BCUT2D eigenvalue weighted by atomic mass is 10.6. The molecular weight excluding hydrogens is 208 g/mol. The van der Waals surface area contributed by atoms with Gasteiger partial charge in [0.2, 0.25) is 0 Å². The molecule has 0 N–H and O–H groups in total. The van der Waals surface area contributed by atoms with Crippen LogP contribution in [-0.2, 0) is 0 Å². The van der Waals surface area contributed by atoms with Crippen molar-refractivity contribution >= 4 is 19.8 Å². The smallest absolute Gasteiger partial charge is 0.187 e. The van der Waals surface area contributed by atoms with Crippen molar-refractivity contribution in [2.75, 3.05) is 5.75 Å². The van der Waals surface area contributed by atoms with Gasteiger partial charge in [-0.05, 0) is 12.5 Å². The zero-order valence-corrected chi connectivity index (χ0v) is 11.0. The Kier molecular flexibility index (Phi) is 4.61. The Hall–Kier alpha value is -0.353. The molecule has 0 amide bonds. The van der Waals surface area contributed by atoms with Gasteiger partial charge in [-0.1, -0.05) is 37.4 Å². The molecule has 0 unspecified atom stereocenters. The zero-order chi connectivity index (χ0) is 10.4. The van der Waals surface area contributed by atoms with Crippen LogP contribution in [0.4, 0.5) is 0 Å². The van der Waals surface area contributed by atoms with Crippen molar-refractivity contribution in [3.8, 4) is 0 Å². The first-order valence-corrected chi connectivity index (χ1v) is 9.67. The van der Waals surface area contributed by atoms with Gasteiger partial charge in [-0.2, -0.15) is 0 Å². The average molecular weight is 226 g/mol. The van der Waals surface area contributed by atoms with Crippen molar-refractivity contribution in [2.24, 2.45) is 0 Å². The Morgan fingerprint density at radius 2 is 1.86 bits per heavy atom. The second-order valence-electron chi connectivity index (χ2n) is 4.54. The van der Waals surface area contributed by atoms with Gasteiger partial charge in [0.1, 0.15) is 0 Å². The van der Waals surface area contributed by atoms with E-state index in [1.54, 1.807) is 24.2 Å². The van der Waals surface area contributed by atoms with Gasteiger partial charge < -0.3 is 0 Å². The van der Waals surface area contributed by atoms with E-state index in [4.69, 9.17) is 0 Å². The second-order valence-corrected chi connectivity index (χ2v) is 11.2. The van der Waals surface area contributed by atoms with Crippen molar-refractivity contribution in [1.29, 1.82) is 0 Å². The summed E-state index contributed by atoms with van der Waals surface area (Å²) in [5.74, 6) is 1.15. The van der Waals surface area contributed by atoms with Gasteiger partial charge in [-0.15, -0.1) is 0 Å². The molecule has 1 heterocycles. The molecule has 0 aliphatic rings. The van der Waals surface area contributed by atoms with Crippen LogP contribution in [0.1, 0.15) is 6.42 Å². The summed E-state index contributed by atoms with van der Waals surface area (Å²) in [6.45, 7) is 7.24. The fourth-order valence-electron chi connectivity index (χ4n) is 1.13. The van der Waals surface area contributed by atoms with E-state index in [1.807, 2.05) is 6.07 Å². The first-order chi connectivity index (χ1) is 6.58. The Balaban J connectivity index is 2.17. The molecule has 0 aromatic carbocycles. The van der Waals surface area contributed by atoms with Crippen molar-refractivity contribution in [2.45, 2.75) is 37.3 Å². The highest BCUT2D eigenvalue weighted by Gasteiger charge is 2.11. The highest BCUT2D eigenvalue weighted by molar-refractivity contribution is 7.99. The van der Waals surface area contributed by atoms with E-state index in [0.29, 0.717) is 0 Å². The van der Waals surface area contributed by atoms with Crippen LogP contribution in [0.15, 0.2) is 23.6 Å². The third-order valence-electron chi connectivity index (χ3n) is 1.84. The predicted octanol–water partition coefficient (Wildman–Crippen LogP) is 3.30. The lowest BCUT2D eigenvalue weighted by Gasteiger charge is -2.14.